The smallest absolute Gasteiger partial charge is 0.255 e. The molecule has 0 aliphatic carbocycles. The van der Waals surface area contributed by atoms with Crippen LogP contribution in [0, 0.1) is 5.82 Å². The Hall–Kier alpha value is -3.68. The molecule has 30 heavy (non-hydrogen) atoms. The fourth-order valence-electron chi connectivity index (χ4n) is 2.83. The summed E-state index contributed by atoms with van der Waals surface area (Å²) in [6, 6.07) is 12.9. The molecule has 8 heteroatoms. The highest BCUT2D eigenvalue weighted by Crippen LogP contribution is 2.27. The summed E-state index contributed by atoms with van der Waals surface area (Å²) >= 11 is 0. The number of nitrogens with one attached hydrogen (secondary N) is 2. The summed E-state index contributed by atoms with van der Waals surface area (Å²) in [7, 11) is 1.55. The molecule has 7 nitrogen and oxygen atoms in total. The summed E-state index contributed by atoms with van der Waals surface area (Å²) in [5.41, 5.74) is 1.98. The molecule has 3 aromatic rings. The molecule has 3 rings (SSSR count). The van der Waals surface area contributed by atoms with Crippen LogP contribution in [0.2, 0.25) is 0 Å². The number of hydrogen-bond donors (Lipinski definition) is 2. The van der Waals surface area contributed by atoms with Gasteiger partial charge in [-0.25, -0.2) is 9.07 Å². The molecule has 0 radical (unpaired) electrons. The Morgan fingerprint density at radius 2 is 1.90 bits per heavy atom. The number of carbonyl (C=O) groups is 2. The van der Waals surface area contributed by atoms with E-state index < -0.39 is 5.91 Å². The van der Waals surface area contributed by atoms with Crippen molar-refractivity contribution in [3.8, 4) is 22.7 Å². The largest absolute Gasteiger partial charge is 0.497 e. The lowest BCUT2D eigenvalue weighted by Gasteiger charge is -2.07. The van der Waals surface area contributed by atoms with Crippen molar-refractivity contribution in [3.05, 3.63) is 66.1 Å². The Morgan fingerprint density at radius 1 is 1.13 bits per heavy atom. The van der Waals surface area contributed by atoms with Gasteiger partial charge in [0.25, 0.3) is 5.91 Å². The number of rotatable bonds is 8. The number of nitrogens with zero attached hydrogens (tertiary/aromatic N) is 2. The second kappa shape index (κ2) is 9.69. The highest BCUT2D eigenvalue weighted by Gasteiger charge is 2.19. The molecule has 0 fully saturated rings. The van der Waals surface area contributed by atoms with Crippen LogP contribution in [0.25, 0.3) is 16.9 Å². The molecular weight excluding hydrogens is 387 g/mol. The highest BCUT2D eigenvalue weighted by atomic mass is 19.1. The van der Waals surface area contributed by atoms with Gasteiger partial charge in [0, 0.05) is 18.3 Å². The van der Waals surface area contributed by atoms with Gasteiger partial charge < -0.3 is 15.4 Å². The summed E-state index contributed by atoms with van der Waals surface area (Å²) in [5.74, 6) is -0.448. The van der Waals surface area contributed by atoms with E-state index in [1.165, 1.54) is 16.8 Å². The molecule has 0 unspecified atom stereocenters. The van der Waals surface area contributed by atoms with Gasteiger partial charge in [0.2, 0.25) is 5.91 Å². The van der Waals surface area contributed by atoms with Crippen molar-refractivity contribution >= 4 is 11.8 Å². The van der Waals surface area contributed by atoms with Crippen molar-refractivity contribution in [1.82, 2.24) is 20.4 Å². The quantitative estimate of drug-likeness (QED) is 0.598. The number of carbonyl (C=O) groups excluding carboxylic acids is 2. The van der Waals surface area contributed by atoms with E-state index in [-0.39, 0.29) is 23.8 Å². The molecule has 156 valence electrons. The average Bonchev–Trinajstić information content (AvgIpc) is 3.22. The van der Waals surface area contributed by atoms with Crippen molar-refractivity contribution in [1.29, 1.82) is 0 Å². The van der Waals surface area contributed by atoms with E-state index in [2.05, 4.69) is 15.7 Å². The van der Waals surface area contributed by atoms with Crippen molar-refractivity contribution in [2.75, 3.05) is 20.2 Å². The summed E-state index contributed by atoms with van der Waals surface area (Å²) < 4.78 is 20.1. The molecule has 0 spiro atoms. The third-order valence-corrected chi connectivity index (χ3v) is 4.37. The minimum atomic E-state index is -0.437. The molecule has 2 amide bonds. The molecule has 2 N–H and O–H groups in total. The normalized spacial score (nSPS) is 10.5. The lowest BCUT2D eigenvalue weighted by Crippen LogP contribution is -2.37. The lowest BCUT2D eigenvalue weighted by molar-refractivity contribution is -0.120. The Balaban J connectivity index is 1.93. The first-order valence-electron chi connectivity index (χ1n) is 9.56. The van der Waals surface area contributed by atoms with E-state index in [0.29, 0.717) is 29.2 Å². The van der Waals surface area contributed by atoms with Gasteiger partial charge in [0.15, 0.2) is 0 Å². The number of aromatic nitrogens is 2. The van der Waals surface area contributed by atoms with Crippen molar-refractivity contribution in [3.63, 3.8) is 0 Å². The average molecular weight is 410 g/mol. The highest BCUT2D eigenvalue weighted by molar-refractivity contribution is 6.01. The number of ether oxygens (including phenoxy) is 1. The Morgan fingerprint density at radius 3 is 2.60 bits per heavy atom. The SMILES string of the molecule is CCCNC(=O)CNC(=O)c1cn(-c2ccc(F)cc2)nc1-c1cccc(OC)c1. The fourth-order valence-corrected chi connectivity index (χ4v) is 2.83. The van der Waals surface area contributed by atoms with Crippen molar-refractivity contribution in [2.24, 2.45) is 0 Å². The van der Waals surface area contributed by atoms with Crippen LogP contribution in [0.4, 0.5) is 4.39 Å². The molecule has 1 heterocycles. The van der Waals surface area contributed by atoms with E-state index >= 15 is 0 Å². The first-order chi connectivity index (χ1) is 14.5. The monoisotopic (exact) mass is 410 g/mol. The zero-order valence-electron chi connectivity index (χ0n) is 16.8. The molecule has 0 saturated heterocycles. The van der Waals surface area contributed by atoms with Crippen LogP contribution in [0.15, 0.2) is 54.7 Å². The van der Waals surface area contributed by atoms with Crippen LogP contribution >= 0.6 is 0 Å². The molecule has 2 aromatic carbocycles. The van der Waals surface area contributed by atoms with Crippen LogP contribution in [0.5, 0.6) is 5.75 Å². The van der Waals surface area contributed by atoms with Gasteiger partial charge in [-0.15, -0.1) is 0 Å². The van der Waals surface area contributed by atoms with Gasteiger partial charge in [0.05, 0.1) is 24.9 Å². The Bertz CT molecular complexity index is 1030. The molecular formula is C22H23FN4O3. The topological polar surface area (TPSA) is 85.3 Å². The maximum atomic E-state index is 13.3. The molecule has 0 bridgehead atoms. The van der Waals surface area contributed by atoms with E-state index in [0.717, 1.165) is 6.42 Å². The molecule has 0 aliphatic rings. The number of hydrogen-bond acceptors (Lipinski definition) is 4. The zero-order chi connectivity index (χ0) is 21.5. The molecule has 0 atom stereocenters. The van der Waals surface area contributed by atoms with E-state index in [1.807, 2.05) is 13.0 Å². The van der Waals surface area contributed by atoms with Crippen LogP contribution in [0.1, 0.15) is 23.7 Å². The molecule has 0 saturated carbocycles. The van der Waals surface area contributed by atoms with Crippen LogP contribution in [-0.4, -0.2) is 41.8 Å². The number of amides is 2. The van der Waals surface area contributed by atoms with E-state index in [4.69, 9.17) is 4.74 Å². The van der Waals surface area contributed by atoms with Gasteiger partial charge in [0.1, 0.15) is 17.3 Å². The van der Waals surface area contributed by atoms with Gasteiger partial charge in [-0.1, -0.05) is 19.1 Å². The van der Waals surface area contributed by atoms with Crippen molar-refractivity contribution in [2.45, 2.75) is 13.3 Å². The van der Waals surface area contributed by atoms with E-state index in [9.17, 15) is 14.0 Å². The predicted molar refractivity (Wildman–Crippen MR) is 111 cm³/mol. The number of methoxy groups -OCH3 is 1. The number of benzene rings is 2. The van der Waals surface area contributed by atoms with Crippen LogP contribution in [0.3, 0.4) is 0 Å². The fraction of sp³-hybridized carbons (Fsp3) is 0.227. The third kappa shape index (κ3) is 5.02. The minimum absolute atomic E-state index is 0.141. The summed E-state index contributed by atoms with van der Waals surface area (Å²) in [5, 5.41) is 9.87. The van der Waals surface area contributed by atoms with Gasteiger partial charge in [-0.05, 0) is 42.8 Å². The standard InChI is InChI=1S/C22H23FN4O3/c1-3-11-24-20(28)13-25-22(29)19-14-27(17-9-7-16(23)8-10-17)26-21(19)15-5-4-6-18(12-15)30-2/h4-10,12,14H,3,11,13H2,1-2H3,(H,24,28)(H,25,29). The van der Waals surface area contributed by atoms with Gasteiger partial charge >= 0.3 is 0 Å². The second-order valence-corrected chi connectivity index (χ2v) is 6.58. The second-order valence-electron chi connectivity index (χ2n) is 6.58. The molecule has 0 aliphatic heterocycles. The maximum Gasteiger partial charge on any atom is 0.255 e. The van der Waals surface area contributed by atoms with Crippen LogP contribution < -0.4 is 15.4 Å². The summed E-state index contributed by atoms with van der Waals surface area (Å²) in [6.07, 6.45) is 2.37. The number of halogens is 1. The first-order valence-corrected chi connectivity index (χ1v) is 9.56. The Kier molecular flexibility index (Phi) is 6.79. The lowest BCUT2D eigenvalue weighted by atomic mass is 10.1. The van der Waals surface area contributed by atoms with Gasteiger partial charge in [-0.3, -0.25) is 9.59 Å². The minimum Gasteiger partial charge on any atom is -0.497 e. The molecule has 1 aromatic heterocycles. The first kappa shape index (κ1) is 21.0. The van der Waals surface area contributed by atoms with E-state index in [1.54, 1.807) is 43.6 Å². The van der Waals surface area contributed by atoms with Crippen LogP contribution in [-0.2, 0) is 4.79 Å². The van der Waals surface area contributed by atoms with Gasteiger partial charge in [-0.2, -0.15) is 5.10 Å². The van der Waals surface area contributed by atoms with Crippen molar-refractivity contribution < 1.29 is 18.7 Å². The predicted octanol–water partition coefficient (Wildman–Crippen LogP) is 2.94. The zero-order valence-corrected chi connectivity index (χ0v) is 16.8. The third-order valence-electron chi connectivity index (χ3n) is 4.37. The maximum absolute atomic E-state index is 13.3. The summed E-state index contributed by atoms with van der Waals surface area (Å²) in [6.45, 7) is 2.35. The Labute approximate surface area is 173 Å². The summed E-state index contributed by atoms with van der Waals surface area (Å²) in [4.78, 5) is 24.7.